The molecule has 10 aliphatic rings. The maximum atomic E-state index is 12.7. The van der Waals surface area contributed by atoms with Crippen molar-refractivity contribution in [3.63, 3.8) is 0 Å². The third-order valence-corrected chi connectivity index (χ3v) is 30.4. The Hall–Kier alpha value is -6.92. The van der Waals surface area contributed by atoms with E-state index in [1.807, 2.05) is 35.0 Å². The minimum atomic E-state index is -0.423. The highest BCUT2D eigenvalue weighted by atomic mass is 79.9. The standard InChI is InChI=1S/C26H28N2O.C22H27BrN2O2.C22H28N2O2.C20H23BrN2O/c1-25(2)21-15-14-20-23(18-10-6-4-7-11-18)28(19-12-8-5-9-13-19)27-24(20)26(21,3)17-16-22(25)29;1-20(2)17-10-9-16-18(21(17,3)11-12-22(20)26-13-14-27-22)24-25(19(16)23)15-7-5-4-6-8-15;1-20(2)18-10-9-16-15-24(17-7-5-4-6-8-17)23-19(16)21(18,3)11-12-22(20)25-13-14-26-22;1-19(2)15-10-9-14-17(20(15,3)12-11-16(19)24)22-23(18(14)21)13-7-5-4-6-8-13/h4-13,21H,14-17H2,1-3H3;4-8,17H,9-14H2,1-3H3;4-8,15,18H,9-14H2,1-3H3;4-8,15H,9-12H2,1-3H3/t21-,26-;17-,21-;18-,21-;15-,20-/m0000/s1. The summed E-state index contributed by atoms with van der Waals surface area (Å²) in [5, 5.41) is 20.5. The molecule has 5 aromatic carbocycles. The summed E-state index contributed by atoms with van der Waals surface area (Å²) in [6.07, 6.45) is 17.9. The summed E-state index contributed by atoms with van der Waals surface area (Å²) < 4.78 is 35.3. The average molecular weight is 1560 g/mol. The molecule has 4 saturated carbocycles. The fourth-order valence-electron chi connectivity index (χ4n) is 22.9. The van der Waals surface area contributed by atoms with Gasteiger partial charge in [0.1, 0.15) is 20.8 Å². The van der Waals surface area contributed by atoms with Gasteiger partial charge < -0.3 is 18.9 Å². The van der Waals surface area contributed by atoms with E-state index in [4.69, 9.17) is 39.3 Å². The molecule has 14 nitrogen and oxygen atoms in total. The first-order valence-electron chi connectivity index (χ1n) is 39.3. The number of nitrogens with zero attached hydrogens (tertiary/aromatic N) is 8. The van der Waals surface area contributed by atoms with Gasteiger partial charge in [0.05, 0.1) is 77.6 Å². The number of hydrogen-bond donors (Lipinski definition) is 0. The molecular formula is C90H106Br2N8O6. The van der Waals surface area contributed by atoms with Crippen LogP contribution in [0.25, 0.3) is 34.0 Å². The van der Waals surface area contributed by atoms with Crippen LogP contribution in [0, 0.1) is 45.3 Å². The van der Waals surface area contributed by atoms with Gasteiger partial charge in [-0.1, -0.05) is 186 Å². The van der Waals surface area contributed by atoms with Crippen LogP contribution >= 0.6 is 31.9 Å². The van der Waals surface area contributed by atoms with Crippen LogP contribution in [-0.4, -0.2) is 88.7 Å². The molecule has 8 aliphatic carbocycles. The molecule has 556 valence electrons. The van der Waals surface area contributed by atoms with E-state index in [9.17, 15) is 9.59 Å². The fourth-order valence-corrected chi connectivity index (χ4v) is 24.3. The molecule has 2 saturated heterocycles. The number of benzene rings is 5. The summed E-state index contributed by atoms with van der Waals surface area (Å²) in [5.74, 6) is 1.69. The van der Waals surface area contributed by atoms with Crippen molar-refractivity contribution in [3.05, 3.63) is 212 Å². The number of Topliss-reactive ketones (excluding diaryl/α,β-unsaturated/α-hetero) is 2. The van der Waals surface area contributed by atoms with Crippen LogP contribution in [0.1, 0.15) is 205 Å². The normalized spacial score (nSPS) is 29.0. The predicted molar refractivity (Wildman–Crippen MR) is 423 cm³/mol. The van der Waals surface area contributed by atoms with Crippen molar-refractivity contribution in [2.45, 2.75) is 219 Å². The smallest absolute Gasteiger partial charge is 0.173 e. The Morgan fingerprint density at radius 3 is 1.13 bits per heavy atom. The highest BCUT2D eigenvalue weighted by Crippen LogP contribution is 2.65. The molecule has 4 aromatic heterocycles. The molecule has 0 amide bonds. The number of carbonyl (C=O) groups excluding carboxylic acids is 2. The number of aromatic nitrogens is 8. The van der Waals surface area contributed by atoms with Crippen LogP contribution in [-0.2, 0) is 75.9 Å². The van der Waals surface area contributed by atoms with Crippen molar-refractivity contribution in [2.75, 3.05) is 26.4 Å². The Kier molecular flexibility index (Phi) is 18.6. The fraction of sp³-hybridized carbons (Fsp3) is 0.511. The zero-order chi connectivity index (χ0) is 74.2. The zero-order valence-corrected chi connectivity index (χ0v) is 67.4. The Morgan fingerprint density at radius 2 is 0.698 bits per heavy atom. The molecule has 6 heterocycles. The average Bonchev–Trinajstić information content (AvgIpc) is 1.38. The second-order valence-electron chi connectivity index (χ2n) is 35.5. The molecule has 9 aromatic rings. The molecule has 0 bridgehead atoms. The number of fused-ring (bicyclic) bond motifs is 12. The molecule has 19 rings (SSSR count). The van der Waals surface area contributed by atoms with Crippen LogP contribution in [0.5, 0.6) is 0 Å². The van der Waals surface area contributed by atoms with Gasteiger partial charge in [-0.15, -0.1) is 0 Å². The van der Waals surface area contributed by atoms with Gasteiger partial charge in [-0.2, -0.15) is 20.4 Å². The van der Waals surface area contributed by atoms with Crippen molar-refractivity contribution in [1.29, 1.82) is 0 Å². The van der Waals surface area contributed by atoms with Gasteiger partial charge in [-0.25, -0.2) is 18.7 Å². The molecule has 2 aliphatic heterocycles. The summed E-state index contributed by atoms with van der Waals surface area (Å²) in [4.78, 5) is 25.2. The number of rotatable bonds is 5. The van der Waals surface area contributed by atoms with Crippen LogP contribution in [0.15, 0.2) is 167 Å². The molecule has 0 radical (unpaired) electrons. The molecule has 0 unspecified atom stereocenters. The maximum Gasteiger partial charge on any atom is 0.173 e. The van der Waals surface area contributed by atoms with Crippen molar-refractivity contribution < 1.29 is 28.5 Å². The van der Waals surface area contributed by atoms with Crippen molar-refractivity contribution in [2.24, 2.45) is 45.3 Å². The van der Waals surface area contributed by atoms with Gasteiger partial charge in [0.25, 0.3) is 0 Å². The highest BCUT2D eigenvalue weighted by molar-refractivity contribution is 9.10. The molecule has 0 N–H and O–H groups in total. The van der Waals surface area contributed by atoms with Gasteiger partial charge in [-0.3, -0.25) is 9.59 Å². The lowest BCUT2D eigenvalue weighted by Gasteiger charge is -2.59. The molecule has 8 atom stereocenters. The Balaban J connectivity index is 0.000000109. The van der Waals surface area contributed by atoms with Crippen LogP contribution < -0.4 is 0 Å². The number of carbonyl (C=O) groups is 2. The molecular weight excluding hydrogens is 1450 g/mol. The van der Waals surface area contributed by atoms with E-state index in [0.717, 1.165) is 129 Å². The van der Waals surface area contributed by atoms with Crippen LogP contribution in [0.3, 0.4) is 0 Å². The first kappa shape index (κ1) is 73.2. The largest absolute Gasteiger partial charge is 0.347 e. The summed E-state index contributed by atoms with van der Waals surface area (Å²) in [5.41, 5.74) is 16.7. The summed E-state index contributed by atoms with van der Waals surface area (Å²) in [6.45, 7) is 30.3. The Labute approximate surface area is 643 Å². The van der Waals surface area contributed by atoms with Crippen molar-refractivity contribution in [3.8, 4) is 34.0 Å². The second-order valence-corrected chi connectivity index (χ2v) is 37.0. The minimum Gasteiger partial charge on any atom is -0.347 e. The van der Waals surface area contributed by atoms with Crippen molar-refractivity contribution >= 4 is 43.4 Å². The maximum absolute atomic E-state index is 12.7. The van der Waals surface area contributed by atoms with Crippen LogP contribution in [0.2, 0.25) is 0 Å². The van der Waals surface area contributed by atoms with E-state index in [0.29, 0.717) is 61.3 Å². The first-order chi connectivity index (χ1) is 50.6. The molecule has 2 spiro atoms. The van der Waals surface area contributed by atoms with Gasteiger partial charge in [0, 0.05) is 97.5 Å². The van der Waals surface area contributed by atoms with E-state index in [1.165, 1.54) is 62.7 Å². The lowest BCUT2D eigenvalue weighted by molar-refractivity contribution is -0.276. The predicted octanol–water partition coefficient (Wildman–Crippen LogP) is 19.9. The van der Waals surface area contributed by atoms with Crippen LogP contribution in [0.4, 0.5) is 0 Å². The lowest BCUT2D eigenvalue weighted by atomic mass is 9.49. The number of ether oxygens (including phenoxy) is 4. The van der Waals surface area contributed by atoms with Gasteiger partial charge in [0.15, 0.2) is 11.6 Å². The molecule has 106 heavy (non-hydrogen) atoms. The third-order valence-electron chi connectivity index (χ3n) is 28.8. The van der Waals surface area contributed by atoms with E-state index < -0.39 is 11.6 Å². The molecule has 16 heteroatoms. The van der Waals surface area contributed by atoms with Gasteiger partial charge in [-0.05, 0) is 187 Å². The topological polar surface area (TPSA) is 142 Å². The minimum absolute atomic E-state index is 0.0203. The summed E-state index contributed by atoms with van der Waals surface area (Å²) in [6, 6.07) is 52.1. The highest BCUT2D eigenvalue weighted by Gasteiger charge is 2.66. The quantitative estimate of drug-likeness (QED) is 0.163. The van der Waals surface area contributed by atoms with E-state index >= 15 is 0 Å². The number of para-hydroxylation sites is 4. The number of halogens is 2. The number of ketones is 2. The van der Waals surface area contributed by atoms with E-state index in [-0.39, 0.29) is 43.3 Å². The second kappa shape index (κ2) is 27.0. The van der Waals surface area contributed by atoms with E-state index in [1.54, 1.807) is 0 Å². The number of hydrogen-bond acceptors (Lipinski definition) is 10. The monoisotopic (exact) mass is 1550 g/mol. The Bertz CT molecular complexity index is 4760. The lowest BCUT2D eigenvalue weighted by Crippen LogP contribution is -2.61. The van der Waals surface area contributed by atoms with Gasteiger partial charge >= 0.3 is 0 Å². The van der Waals surface area contributed by atoms with Crippen molar-refractivity contribution in [1.82, 2.24) is 39.1 Å². The first-order valence-corrected chi connectivity index (χ1v) is 40.9. The third kappa shape index (κ3) is 11.5. The van der Waals surface area contributed by atoms with E-state index in [2.05, 4.69) is 257 Å². The summed E-state index contributed by atoms with van der Waals surface area (Å²) in [7, 11) is 0. The zero-order valence-electron chi connectivity index (χ0n) is 64.2. The Morgan fingerprint density at radius 1 is 0.358 bits per heavy atom. The number of aryl methyl sites for hydroxylation is 1. The van der Waals surface area contributed by atoms with Gasteiger partial charge in [0.2, 0.25) is 0 Å². The summed E-state index contributed by atoms with van der Waals surface area (Å²) >= 11 is 7.64. The molecule has 6 fully saturated rings. The SMILES string of the molecule is CC1(C)C(=O)CC[C@]2(C)c3nn(-c4ccccc4)c(-c4ccccc4)c3CC[C@@H]12.CC1(C)C(=O)CC[C@]2(C)c3nn(-c4ccccc4)c(Br)c3CC[C@@H]12.CC1(C)[C@@H]2CCc3c(nn(-c4ccccc4)c3Br)[C@@]2(C)CCC12OCCO2.CC1(C)[C@@H]2CCc3cn(-c4ccccc4)nc3[C@@]2(C)CCC12OCCO2.